The van der Waals surface area contributed by atoms with E-state index in [0.29, 0.717) is 23.4 Å². The molecule has 6 nitrogen and oxygen atoms in total. The zero-order valence-corrected chi connectivity index (χ0v) is 11.2. The molecule has 1 heterocycles. The molecule has 2 rings (SSSR count). The molecule has 0 radical (unpaired) electrons. The van der Waals surface area contributed by atoms with Gasteiger partial charge in [-0.3, -0.25) is 0 Å². The molecule has 1 unspecified atom stereocenters. The second-order valence-corrected chi connectivity index (χ2v) is 5.75. The number of aromatic nitrogens is 4. The van der Waals surface area contributed by atoms with E-state index in [-0.39, 0.29) is 12.7 Å². The quantitative estimate of drug-likeness (QED) is 0.711. The fraction of sp³-hybridized carbons (Fsp3) is 0.909. The van der Waals surface area contributed by atoms with Gasteiger partial charge in [0.05, 0.1) is 19.3 Å². The highest BCUT2D eigenvalue weighted by Crippen LogP contribution is 2.29. The number of tetrazole rings is 1. The molecule has 0 bridgehead atoms. The van der Waals surface area contributed by atoms with Gasteiger partial charge < -0.3 is 10.2 Å². The summed E-state index contributed by atoms with van der Waals surface area (Å²) in [6.07, 6.45) is 5.71. The molecule has 0 aromatic carbocycles. The van der Waals surface area contributed by atoms with Crippen LogP contribution >= 0.6 is 11.8 Å². The lowest BCUT2D eigenvalue weighted by atomic mass is 10.0. The minimum Gasteiger partial charge on any atom is -0.394 e. The summed E-state index contributed by atoms with van der Waals surface area (Å²) >= 11 is 1.45. The maximum atomic E-state index is 9.98. The van der Waals surface area contributed by atoms with E-state index in [0.717, 1.165) is 6.42 Å². The number of hydrogen-bond acceptors (Lipinski definition) is 6. The highest BCUT2D eigenvalue weighted by Gasteiger charge is 2.19. The van der Waals surface area contributed by atoms with Gasteiger partial charge in [0.1, 0.15) is 0 Å². The maximum absolute atomic E-state index is 9.98. The molecule has 1 fully saturated rings. The molecular formula is C11H20N4O2S. The van der Waals surface area contributed by atoms with E-state index in [4.69, 9.17) is 5.11 Å². The van der Waals surface area contributed by atoms with Crippen LogP contribution < -0.4 is 0 Å². The second kappa shape index (κ2) is 7.06. The van der Waals surface area contributed by atoms with Crippen molar-refractivity contribution < 1.29 is 10.2 Å². The predicted octanol–water partition coefficient (Wildman–Crippen LogP) is 0.699. The lowest BCUT2D eigenvalue weighted by Crippen LogP contribution is -2.15. The van der Waals surface area contributed by atoms with Crippen LogP contribution in [0.5, 0.6) is 0 Å². The number of hydrogen-bond donors (Lipinski definition) is 2. The topological polar surface area (TPSA) is 84.1 Å². The summed E-state index contributed by atoms with van der Waals surface area (Å²) in [4.78, 5) is 0. The van der Waals surface area contributed by atoms with Gasteiger partial charge in [-0.2, -0.15) is 0 Å². The Hall–Kier alpha value is -0.660. The Morgan fingerprint density at radius 3 is 2.89 bits per heavy atom. The van der Waals surface area contributed by atoms with E-state index in [1.165, 1.54) is 37.4 Å². The minimum absolute atomic E-state index is 0.0171. The molecule has 1 atom stereocenters. The number of thioether (sulfide) groups is 1. The van der Waals surface area contributed by atoms with E-state index in [9.17, 15) is 5.11 Å². The summed E-state index contributed by atoms with van der Waals surface area (Å²) in [5.74, 6) is 1.30. The Morgan fingerprint density at radius 1 is 1.39 bits per heavy atom. The minimum atomic E-state index is -0.294. The normalized spacial score (nSPS) is 18.3. The van der Waals surface area contributed by atoms with Crippen molar-refractivity contribution in [2.24, 2.45) is 5.92 Å². The summed E-state index contributed by atoms with van der Waals surface area (Å²) < 4.78 is 1.56. The lowest BCUT2D eigenvalue weighted by molar-refractivity contribution is 0.165. The van der Waals surface area contributed by atoms with Gasteiger partial charge in [0.2, 0.25) is 5.16 Å². The standard InChI is InChI=1S/C11H20N4O2S/c16-6-5-15-11(12-13-14-15)18-8-10(17)7-9-3-1-2-4-9/h9-10,16-17H,1-8H2. The zero-order chi connectivity index (χ0) is 12.8. The van der Waals surface area contributed by atoms with Gasteiger partial charge in [-0.05, 0) is 22.8 Å². The smallest absolute Gasteiger partial charge is 0.209 e. The Balaban J connectivity index is 1.74. The van der Waals surface area contributed by atoms with Crippen molar-refractivity contribution in [3.63, 3.8) is 0 Å². The molecule has 0 saturated heterocycles. The van der Waals surface area contributed by atoms with Crippen molar-refractivity contribution in [1.82, 2.24) is 20.2 Å². The number of nitrogens with zero attached hydrogens (tertiary/aromatic N) is 4. The first-order valence-corrected chi connectivity index (χ1v) is 7.46. The third-order valence-electron chi connectivity index (χ3n) is 3.30. The molecule has 0 amide bonds. The van der Waals surface area contributed by atoms with Gasteiger partial charge in [0.15, 0.2) is 0 Å². The third-order valence-corrected chi connectivity index (χ3v) is 4.40. The van der Waals surface area contributed by atoms with Gasteiger partial charge >= 0.3 is 0 Å². The SMILES string of the molecule is OCCn1nnnc1SCC(O)CC1CCCC1. The van der Waals surface area contributed by atoms with Crippen LogP contribution in [0.1, 0.15) is 32.1 Å². The highest BCUT2D eigenvalue weighted by atomic mass is 32.2. The Bertz CT molecular complexity index is 355. The Labute approximate surface area is 111 Å². The first kappa shape index (κ1) is 13.8. The van der Waals surface area contributed by atoms with Gasteiger partial charge in [0, 0.05) is 5.75 Å². The average molecular weight is 272 g/mol. The zero-order valence-electron chi connectivity index (χ0n) is 10.4. The number of aliphatic hydroxyl groups is 2. The van der Waals surface area contributed by atoms with Gasteiger partial charge in [-0.15, -0.1) is 5.10 Å². The van der Waals surface area contributed by atoms with Crippen molar-refractivity contribution in [2.75, 3.05) is 12.4 Å². The fourth-order valence-electron chi connectivity index (χ4n) is 2.40. The first-order chi connectivity index (χ1) is 8.79. The van der Waals surface area contributed by atoms with E-state index < -0.39 is 0 Å². The van der Waals surface area contributed by atoms with E-state index in [1.807, 2.05) is 0 Å². The molecule has 1 aromatic heterocycles. The Morgan fingerprint density at radius 2 is 2.17 bits per heavy atom. The molecule has 2 N–H and O–H groups in total. The third kappa shape index (κ3) is 3.93. The predicted molar refractivity (Wildman–Crippen MR) is 68.2 cm³/mol. The van der Waals surface area contributed by atoms with Crippen LogP contribution in [0.25, 0.3) is 0 Å². The maximum Gasteiger partial charge on any atom is 0.209 e. The second-order valence-electron chi connectivity index (χ2n) is 4.76. The fourth-order valence-corrected chi connectivity index (χ4v) is 3.25. The largest absolute Gasteiger partial charge is 0.394 e. The van der Waals surface area contributed by atoms with Crippen LogP contribution in [0.4, 0.5) is 0 Å². The number of rotatable bonds is 7. The molecule has 18 heavy (non-hydrogen) atoms. The van der Waals surface area contributed by atoms with Crippen molar-refractivity contribution in [3.05, 3.63) is 0 Å². The summed E-state index contributed by atoms with van der Waals surface area (Å²) in [6.45, 7) is 0.414. The van der Waals surface area contributed by atoms with Crippen molar-refractivity contribution in [2.45, 2.75) is 49.9 Å². The summed E-state index contributed by atoms with van der Waals surface area (Å²) in [5.41, 5.74) is 0. The van der Waals surface area contributed by atoms with Crippen LogP contribution in [0.3, 0.4) is 0 Å². The van der Waals surface area contributed by atoms with Crippen LogP contribution in [0.2, 0.25) is 0 Å². The highest BCUT2D eigenvalue weighted by molar-refractivity contribution is 7.99. The van der Waals surface area contributed by atoms with E-state index in [1.54, 1.807) is 4.68 Å². The van der Waals surface area contributed by atoms with Crippen LogP contribution in [0, 0.1) is 5.92 Å². The van der Waals surface area contributed by atoms with E-state index >= 15 is 0 Å². The lowest BCUT2D eigenvalue weighted by Gasteiger charge is -2.14. The van der Waals surface area contributed by atoms with Gasteiger partial charge in [-0.1, -0.05) is 37.4 Å². The monoisotopic (exact) mass is 272 g/mol. The summed E-state index contributed by atoms with van der Waals surface area (Å²) in [5, 5.41) is 30.7. The molecule has 0 aliphatic heterocycles. The number of aliphatic hydroxyl groups excluding tert-OH is 2. The summed E-state index contributed by atoms with van der Waals surface area (Å²) in [6, 6.07) is 0. The summed E-state index contributed by atoms with van der Waals surface area (Å²) in [7, 11) is 0. The molecule has 1 saturated carbocycles. The average Bonchev–Trinajstić information content (AvgIpc) is 2.99. The molecule has 7 heteroatoms. The molecule has 0 spiro atoms. The van der Waals surface area contributed by atoms with Crippen molar-refractivity contribution >= 4 is 11.8 Å². The van der Waals surface area contributed by atoms with Crippen molar-refractivity contribution in [1.29, 1.82) is 0 Å². The molecule has 102 valence electrons. The van der Waals surface area contributed by atoms with Crippen LogP contribution in [-0.4, -0.2) is 48.9 Å². The Kier molecular flexibility index (Phi) is 5.40. The first-order valence-electron chi connectivity index (χ1n) is 6.47. The van der Waals surface area contributed by atoms with Crippen LogP contribution in [0.15, 0.2) is 5.16 Å². The van der Waals surface area contributed by atoms with Gasteiger partial charge in [-0.25, -0.2) is 4.68 Å². The molecular weight excluding hydrogens is 252 g/mol. The van der Waals surface area contributed by atoms with Gasteiger partial charge in [0.25, 0.3) is 0 Å². The van der Waals surface area contributed by atoms with Crippen molar-refractivity contribution in [3.8, 4) is 0 Å². The van der Waals surface area contributed by atoms with E-state index in [2.05, 4.69) is 15.5 Å². The molecule has 1 aliphatic rings. The molecule has 1 aliphatic carbocycles. The van der Waals surface area contributed by atoms with Crippen LogP contribution in [-0.2, 0) is 6.54 Å². The molecule has 1 aromatic rings.